The van der Waals surface area contributed by atoms with Crippen LogP contribution in [0.4, 0.5) is 0 Å². The van der Waals surface area contributed by atoms with Gasteiger partial charge in [0.05, 0.1) is 12.3 Å². The number of aryl methyl sites for hydroxylation is 2. The van der Waals surface area contributed by atoms with Crippen molar-refractivity contribution in [3.8, 4) is 0 Å². The van der Waals surface area contributed by atoms with Crippen molar-refractivity contribution in [2.45, 2.75) is 51.7 Å². The Kier molecular flexibility index (Phi) is 6.13. The van der Waals surface area contributed by atoms with E-state index in [9.17, 15) is 4.79 Å². The highest BCUT2D eigenvalue weighted by Crippen LogP contribution is 2.27. The smallest absolute Gasteiger partial charge is 0.295 e. The Balaban J connectivity index is 1.54. The van der Waals surface area contributed by atoms with E-state index in [0.717, 1.165) is 36.2 Å². The summed E-state index contributed by atoms with van der Waals surface area (Å²) in [4.78, 5) is 23.4. The predicted molar refractivity (Wildman–Crippen MR) is 115 cm³/mol. The zero-order chi connectivity index (χ0) is 21.0. The van der Waals surface area contributed by atoms with Gasteiger partial charge in [-0.25, -0.2) is 0 Å². The molecule has 0 saturated heterocycles. The van der Waals surface area contributed by atoms with Crippen molar-refractivity contribution < 1.29 is 14.3 Å². The average molecular weight is 408 g/mol. The zero-order valence-corrected chi connectivity index (χ0v) is 17.8. The number of pyridine rings is 1. The second-order valence-corrected chi connectivity index (χ2v) is 8.31. The molecule has 0 unspecified atom stereocenters. The standard InChI is InChI=1S/C24H29N3O3/c1-24(2)22-19(9-5-13-25-22)10-6-14-27(15-16-30-24)23-26-21(28)12-11-18-7-3-4-8-20(18)17-29-23/h3-5,7-9,13H,6,10-12,14-17H2,1-2H3. The van der Waals surface area contributed by atoms with E-state index in [-0.39, 0.29) is 5.91 Å². The fourth-order valence-corrected chi connectivity index (χ4v) is 4.11. The van der Waals surface area contributed by atoms with Crippen LogP contribution < -0.4 is 0 Å². The quantitative estimate of drug-likeness (QED) is 0.667. The predicted octanol–water partition coefficient (Wildman–Crippen LogP) is 3.63. The molecule has 1 aromatic heterocycles. The Bertz CT molecular complexity index is 939. The number of amides is 1. The van der Waals surface area contributed by atoms with Gasteiger partial charge in [0.1, 0.15) is 12.2 Å². The first-order valence-electron chi connectivity index (χ1n) is 10.7. The molecule has 6 nitrogen and oxygen atoms in total. The minimum Gasteiger partial charge on any atom is -0.460 e. The summed E-state index contributed by atoms with van der Waals surface area (Å²) in [6.07, 6.45) is 4.71. The third kappa shape index (κ3) is 4.70. The number of hydrogen-bond acceptors (Lipinski definition) is 5. The third-order valence-corrected chi connectivity index (χ3v) is 5.73. The molecule has 158 valence electrons. The number of carbonyl (C=O) groups excluding carboxylic acids is 1. The minimum atomic E-state index is -0.477. The molecule has 0 aliphatic carbocycles. The first kappa shape index (κ1) is 20.5. The SMILES string of the molecule is CC1(C)OCCN(C2=NC(=O)CCc3ccccc3CO2)CCCc2cccnc21. The number of nitrogens with zero attached hydrogens (tertiary/aromatic N) is 3. The largest absolute Gasteiger partial charge is 0.460 e. The highest BCUT2D eigenvalue weighted by molar-refractivity contribution is 5.90. The Morgan fingerprint density at radius 1 is 0.967 bits per heavy atom. The number of benzene rings is 1. The first-order valence-corrected chi connectivity index (χ1v) is 10.7. The second kappa shape index (κ2) is 8.96. The lowest BCUT2D eigenvalue weighted by molar-refractivity contribution is -0.118. The third-order valence-electron chi connectivity index (χ3n) is 5.73. The van der Waals surface area contributed by atoms with Crippen LogP contribution in [0, 0.1) is 0 Å². The normalized spacial score (nSPS) is 19.9. The molecule has 30 heavy (non-hydrogen) atoms. The monoisotopic (exact) mass is 407 g/mol. The Labute approximate surface area is 177 Å². The fraction of sp³-hybridized carbons (Fsp3) is 0.458. The molecule has 0 saturated carbocycles. The van der Waals surface area contributed by atoms with Crippen LogP contribution in [-0.4, -0.2) is 41.5 Å². The molecule has 3 heterocycles. The molecule has 2 aliphatic rings. The van der Waals surface area contributed by atoms with E-state index in [2.05, 4.69) is 42.0 Å². The molecule has 0 bridgehead atoms. The van der Waals surface area contributed by atoms with Crippen LogP contribution in [0.25, 0.3) is 0 Å². The van der Waals surface area contributed by atoms with Crippen LogP contribution in [0.15, 0.2) is 47.6 Å². The van der Waals surface area contributed by atoms with Crippen molar-refractivity contribution in [2.24, 2.45) is 4.99 Å². The number of aromatic nitrogens is 1. The highest BCUT2D eigenvalue weighted by atomic mass is 16.5. The number of aliphatic imine (C=N–C) groups is 1. The van der Waals surface area contributed by atoms with Gasteiger partial charge in [0, 0.05) is 25.7 Å². The van der Waals surface area contributed by atoms with Crippen molar-refractivity contribution in [1.82, 2.24) is 9.88 Å². The molecule has 0 atom stereocenters. The maximum absolute atomic E-state index is 12.5. The van der Waals surface area contributed by atoms with Crippen LogP contribution >= 0.6 is 0 Å². The molecule has 0 radical (unpaired) electrons. The second-order valence-electron chi connectivity index (χ2n) is 8.31. The van der Waals surface area contributed by atoms with Crippen molar-refractivity contribution in [2.75, 3.05) is 19.7 Å². The van der Waals surface area contributed by atoms with Gasteiger partial charge in [0.15, 0.2) is 0 Å². The summed E-state index contributed by atoms with van der Waals surface area (Å²) in [5, 5.41) is 0. The van der Waals surface area contributed by atoms with E-state index in [0.29, 0.717) is 38.6 Å². The molecular weight excluding hydrogens is 378 g/mol. The molecule has 0 fully saturated rings. The number of fused-ring (bicyclic) bond motifs is 2. The summed E-state index contributed by atoms with van der Waals surface area (Å²) in [7, 11) is 0. The topological polar surface area (TPSA) is 64.0 Å². The van der Waals surface area contributed by atoms with E-state index in [1.807, 2.05) is 29.3 Å². The Morgan fingerprint density at radius 3 is 2.63 bits per heavy atom. The first-order chi connectivity index (χ1) is 14.5. The van der Waals surface area contributed by atoms with Gasteiger partial charge in [-0.05, 0) is 55.9 Å². The summed E-state index contributed by atoms with van der Waals surface area (Å²) >= 11 is 0. The van der Waals surface area contributed by atoms with Crippen LogP contribution in [0.2, 0.25) is 0 Å². The number of rotatable bonds is 0. The maximum atomic E-state index is 12.5. The Hall–Kier alpha value is -2.73. The van der Waals surface area contributed by atoms with Gasteiger partial charge in [-0.1, -0.05) is 30.3 Å². The van der Waals surface area contributed by atoms with E-state index >= 15 is 0 Å². The molecular formula is C24H29N3O3. The fourth-order valence-electron chi connectivity index (χ4n) is 4.11. The lowest BCUT2D eigenvalue weighted by Gasteiger charge is -2.32. The van der Waals surface area contributed by atoms with E-state index in [4.69, 9.17) is 9.47 Å². The van der Waals surface area contributed by atoms with E-state index < -0.39 is 5.60 Å². The molecule has 2 aromatic rings. The van der Waals surface area contributed by atoms with Crippen LogP contribution in [-0.2, 0) is 39.3 Å². The van der Waals surface area contributed by atoms with Crippen molar-refractivity contribution in [3.63, 3.8) is 0 Å². The van der Waals surface area contributed by atoms with Gasteiger partial charge in [-0.2, -0.15) is 4.99 Å². The number of hydrogen-bond donors (Lipinski definition) is 0. The van der Waals surface area contributed by atoms with Crippen molar-refractivity contribution in [3.05, 3.63) is 65.0 Å². The summed E-state index contributed by atoms with van der Waals surface area (Å²) in [5.41, 5.74) is 3.99. The molecule has 0 N–H and O–H groups in total. The molecule has 6 heteroatoms. The number of amidine groups is 1. The maximum Gasteiger partial charge on any atom is 0.295 e. The Morgan fingerprint density at radius 2 is 1.77 bits per heavy atom. The van der Waals surface area contributed by atoms with Crippen molar-refractivity contribution >= 4 is 11.9 Å². The van der Waals surface area contributed by atoms with Crippen LogP contribution in [0.3, 0.4) is 0 Å². The summed E-state index contributed by atoms with van der Waals surface area (Å²) in [6, 6.07) is 12.6. The zero-order valence-electron chi connectivity index (χ0n) is 17.8. The number of ether oxygens (including phenoxy) is 2. The minimum absolute atomic E-state index is 0.144. The van der Waals surface area contributed by atoms with Gasteiger partial charge < -0.3 is 14.4 Å². The highest BCUT2D eigenvalue weighted by Gasteiger charge is 2.28. The summed E-state index contributed by atoms with van der Waals surface area (Å²) in [5.74, 6) is -0.144. The molecule has 4 rings (SSSR count). The summed E-state index contributed by atoms with van der Waals surface area (Å²) < 4.78 is 12.3. The van der Waals surface area contributed by atoms with Gasteiger partial charge in [0.25, 0.3) is 11.9 Å². The molecule has 0 spiro atoms. The van der Waals surface area contributed by atoms with Crippen LogP contribution in [0.5, 0.6) is 0 Å². The van der Waals surface area contributed by atoms with Gasteiger partial charge >= 0.3 is 0 Å². The van der Waals surface area contributed by atoms with Crippen LogP contribution in [0.1, 0.15) is 49.1 Å². The molecule has 1 aromatic carbocycles. The lowest BCUT2D eigenvalue weighted by Crippen LogP contribution is -2.39. The van der Waals surface area contributed by atoms with Gasteiger partial charge in [0.2, 0.25) is 0 Å². The van der Waals surface area contributed by atoms with Gasteiger partial charge in [-0.15, -0.1) is 0 Å². The molecule has 1 amide bonds. The summed E-state index contributed by atoms with van der Waals surface area (Å²) in [6.45, 7) is 6.37. The van der Waals surface area contributed by atoms with Crippen molar-refractivity contribution in [1.29, 1.82) is 0 Å². The average Bonchev–Trinajstić information content (AvgIpc) is 2.82. The van der Waals surface area contributed by atoms with Gasteiger partial charge in [-0.3, -0.25) is 9.78 Å². The van der Waals surface area contributed by atoms with E-state index in [1.165, 1.54) is 5.56 Å². The van der Waals surface area contributed by atoms with E-state index in [1.54, 1.807) is 0 Å². The molecule has 2 aliphatic heterocycles. The lowest BCUT2D eigenvalue weighted by atomic mass is 9.96. The number of carbonyl (C=O) groups is 1.